The van der Waals surface area contributed by atoms with Crippen molar-refractivity contribution in [3.05, 3.63) is 176 Å². The minimum absolute atomic E-state index is 0.869. The number of anilines is 3. The van der Waals surface area contributed by atoms with Crippen molar-refractivity contribution in [2.45, 2.75) is 0 Å². The molecule has 2 nitrogen and oxygen atoms in total. The topological polar surface area (TPSA) is 16.4 Å². The molecule has 10 aromatic rings. The Hall–Kier alpha value is -6.16. The second kappa shape index (κ2) is 11.2. The number of fused-ring (bicyclic) bond motifs is 7. The van der Waals surface area contributed by atoms with Crippen LogP contribution in [0, 0.1) is 0 Å². The number of hydrogen-bond donors (Lipinski definition) is 0. The Morgan fingerprint density at radius 3 is 1.92 bits per heavy atom. The number of para-hydroxylation sites is 2. The molecular formula is C46H29NOS. The van der Waals surface area contributed by atoms with Crippen LogP contribution in [0.4, 0.5) is 17.1 Å². The Labute approximate surface area is 287 Å². The number of thiophene rings is 1. The zero-order chi connectivity index (χ0) is 32.3. The summed E-state index contributed by atoms with van der Waals surface area (Å²) in [4.78, 5) is 2.35. The van der Waals surface area contributed by atoms with Crippen molar-refractivity contribution in [2.24, 2.45) is 0 Å². The van der Waals surface area contributed by atoms with Crippen LogP contribution in [0.25, 0.3) is 75.1 Å². The van der Waals surface area contributed by atoms with Crippen molar-refractivity contribution in [1.29, 1.82) is 0 Å². The molecular weight excluding hydrogens is 615 g/mol. The third kappa shape index (κ3) is 4.62. The highest BCUT2D eigenvalue weighted by Crippen LogP contribution is 2.46. The first kappa shape index (κ1) is 27.9. The zero-order valence-corrected chi connectivity index (χ0v) is 27.3. The molecule has 8 aromatic carbocycles. The minimum atomic E-state index is 0.869. The summed E-state index contributed by atoms with van der Waals surface area (Å²) in [6, 6.07) is 63.1. The van der Waals surface area contributed by atoms with E-state index in [9.17, 15) is 0 Å². The molecule has 3 heteroatoms. The van der Waals surface area contributed by atoms with Crippen LogP contribution in [0.5, 0.6) is 0 Å². The van der Waals surface area contributed by atoms with Crippen molar-refractivity contribution >= 4 is 81.3 Å². The van der Waals surface area contributed by atoms with Crippen LogP contribution in [0.2, 0.25) is 0 Å². The first-order chi connectivity index (χ1) is 24.3. The molecule has 0 saturated heterocycles. The van der Waals surface area contributed by atoms with E-state index < -0.39 is 0 Å². The number of benzene rings is 8. The highest BCUT2D eigenvalue weighted by atomic mass is 32.1. The molecule has 10 rings (SSSR count). The van der Waals surface area contributed by atoms with Crippen LogP contribution in [0.1, 0.15) is 0 Å². The van der Waals surface area contributed by atoms with Gasteiger partial charge in [-0.2, -0.15) is 0 Å². The predicted molar refractivity (Wildman–Crippen MR) is 210 cm³/mol. The van der Waals surface area contributed by atoms with Crippen molar-refractivity contribution in [3.8, 4) is 22.3 Å². The van der Waals surface area contributed by atoms with Gasteiger partial charge in [-0.15, -0.1) is 11.3 Å². The molecule has 0 bridgehead atoms. The summed E-state index contributed by atoms with van der Waals surface area (Å²) in [6.45, 7) is 0. The molecule has 2 heterocycles. The lowest BCUT2D eigenvalue weighted by Crippen LogP contribution is -2.10. The lowest BCUT2D eigenvalue weighted by molar-refractivity contribution is 0.670. The van der Waals surface area contributed by atoms with Crippen LogP contribution >= 0.6 is 11.3 Å². The van der Waals surface area contributed by atoms with E-state index in [1.807, 2.05) is 11.3 Å². The molecule has 0 saturated carbocycles. The van der Waals surface area contributed by atoms with E-state index in [0.717, 1.165) is 50.1 Å². The van der Waals surface area contributed by atoms with E-state index in [1.54, 1.807) is 0 Å². The van der Waals surface area contributed by atoms with E-state index >= 15 is 0 Å². The second-order valence-corrected chi connectivity index (χ2v) is 13.6. The van der Waals surface area contributed by atoms with Gasteiger partial charge in [-0.05, 0) is 76.0 Å². The molecule has 49 heavy (non-hydrogen) atoms. The van der Waals surface area contributed by atoms with Crippen LogP contribution in [-0.2, 0) is 0 Å². The summed E-state index contributed by atoms with van der Waals surface area (Å²) in [5, 5.41) is 7.21. The average molecular weight is 644 g/mol. The van der Waals surface area contributed by atoms with E-state index in [0.29, 0.717) is 0 Å². The second-order valence-electron chi connectivity index (χ2n) is 12.5. The zero-order valence-electron chi connectivity index (χ0n) is 26.5. The van der Waals surface area contributed by atoms with Gasteiger partial charge in [0.2, 0.25) is 0 Å². The third-order valence-corrected chi connectivity index (χ3v) is 10.8. The van der Waals surface area contributed by atoms with E-state index in [-0.39, 0.29) is 0 Å². The Morgan fingerprint density at radius 2 is 1.04 bits per heavy atom. The van der Waals surface area contributed by atoms with Gasteiger partial charge in [0.25, 0.3) is 0 Å². The van der Waals surface area contributed by atoms with Gasteiger partial charge in [0.1, 0.15) is 5.58 Å². The van der Waals surface area contributed by atoms with Gasteiger partial charge in [0, 0.05) is 47.9 Å². The molecule has 0 amide bonds. The molecule has 2 aromatic heterocycles. The minimum Gasteiger partial charge on any atom is -0.453 e. The first-order valence-corrected chi connectivity index (χ1v) is 17.4. The Bertz CT molecular complexity index is 2830. The average Bonchev–Trinajstić information content (AvgIpc) is 3.74. The number of rotatable bonds is 5. The van der Waals surface area contributed by atoms with Crippen molar-refractivity contribution in [1.82, 2.24) is 0 Å². The molecule has 0 unspecified atom stereocenters. The largest absolute Gasteiger partial charge is 0.453 e. The van der Waals surface area contributed by atoms with Gasteiger partial charge in [-0.1, -0.05) is 127 Å². The maximum atomic E-state index is 7.00. The Morgan fingerprint density at radius 1 is 0.388 bits per heavy atom. The Balaban J connectivity index is 1.19. The van der Waals surface area contributed by atoms with E-state index in [1.165, 1.54) is 42.1 Å². The fourth-order valence-corrected chi connectivity index (χ4v) is 8.37. The SMILES string of the molecule is c1ccc(-c2ccc(N(c3ccc4sc5ccccc5c4c3)c3cccc4c3oc3c(-c5ccc6ccccc6c5)cccc34)cc2)cc1. The lowest BCUT2D eigenvalue weighted by Gasteiger charge is -2.26. The summed E-state index contributed by atoms with van der Waals surface area (Å²) in [5.41, 5.74) is 9.56. The lowest BCUT2D eigenvalue weighted by atomic mass is 9.99. The maximum absolute atomic E-state index is 7.00. The van der Waals surface area contributed by atoms with Crippen molar-refractivity contribution in [3.63, 3.8) is 0 Å². The maximum Gasteiger partial charge on any atom is 0.159 e. The van der Waals surface area contributed by atoms with Crippen molar-refractivity contribution in [2.75, 3.05) is 4.90 Å². The van der Waals surface area contributed by atoms with Crippen molar-refractivity contribution < 1.29 is 4.42 Å². The number of hydrogen-bond acceptors (Lipinski definition) is 3. The van der Waals surface area contributed by atoms with Crippen LogP contribution < -0.4 is 4.90 Å². The monoisotopic (exact) mass is 643 g/mol. The van der Waals surface area contributed by atoms with Gasteiger partial charge in [-0.3, -0.25) is 0 Å². The standard InChI is InChI=1S/C46H29NOS/c1-2-10-30(11-3-1)32-22-24-35(25-23-32)47(36-26-27-44-41(29-36)38-14-6-7-19-43(38)49-44)42-18-9-17-40-39-16-8-15-37(45(39)48-46(40)42)34-21-20-31-12-4-5-13-33(31)28-34/h1-29H. The fourth-order valence-electron chi connectivity index (χ4n) is 7.28. The molecule has 0 radical (unpaired) electrons. The highest BCUT2D eigenvalue weighted by Gasteiger charge is 2.21. The van der Waals surface area contributed by atoms with Gasteiger partial charge < -0.3 is 9.32 Å². The molecule has 0 spiro atoms. The summed E-state index contributed by atoms with van der Waals surface area (Å²) in [6.07, 6.45) is 0. The van der Waals surface area contributed by atoms with Gasteiger partial charge in [0.05, 0.1) is 5.69 Å². The normalized spacial score (nSPS) is 11.7. The molecule has 0 N–H and O–H groups in total. The Kier molecular flexibility index (Phi) is 6.39. The van der Waals surface area contributed by atoms with Crippen LogP contribution in [0.3, 0.4) is 0 Å². The summed E-state index contributed by atoms with van der Waals surface area (Å²) in [7, 11) is 0. The molecule has 230 valence electrons. The number of furan rings is 1. The molecule has 0 aliphatic heterocycles. The predicted octanol–water partition coefficient (Wildman–Crippen LogP) is 13.9. The van der Waals surface area contributed by atoms with Crippen LogP contribution in [0.15, 0.2) is 180 Å². The molecule has 0 aliphatic carbocycles. The van der Waals surface area contributed by atoms with Gasteiger partial charge >= 0.3 is 0 Å². The van der Waals surface area contributed by atoms with Gasteiger partial charge in [0.15, 0.2) is 5.58 Å². The summed E-state index contributed by atoms with van der Waals surface area (Å²) >= 11 is 1.84. The molecule has 0 fully saturated rings. The number of nitrogens with zero attached hydrogens (tertiary/aromatic N) is 1. The summed E-state index contributed by atoms with van der Waals surface area (Å²) < 4.78 is 9.58. The molecule has 0 atom stereocenters. The third-order valence-electron chi connectivity index (χ3n) is 9.66. The first-order valence-electron chi connectivity index (χ1n) is 16.6. The summed E-state index contributed by atoms with van der Waals surface area (Å²) in [5.74, 6) is 0. The fraction of sp³-hybridized carbons (Fsp3) is 0. The van der Waals surface area contributed by atoms with E-state index in [2.05, 4.69) is 181 Å². The van der Waals surface area contributed by atoms with E-state index in [4.69, 9.17) is 4.42 Å². The molecule has 0 aliphatic rings. The van der Waals surface area contributed by atoms with Crippen LogP contribution in [-0.4, -0.2) is 0 Å². The van der Waals surface area contributed by atoms with Gasteiger partial charge in [-0.25, -0.2) is 0 Å². The smallest absolute Gasteiger partial charge is 0.159 e. The quantitative estimate of drug-likeness (QED) is 0.186. The highest BCUT2D eigenvalue weighted by molar-refractivity contribution is 7.25.